The lowest BCUT2D eigenvalue weighted by Crippen LogP contribution is -2.52. The first-order valence-electron chi connectivity index (χ1n) is 10.5. The van der Waals surface area contributed by atoms with Crippen LogP contribution in [0.2, 0.25) is 0 Å². The first kappa shape index (κ1) is 18.8. The first-order valence-corrected chi connectivity index (χ1v) is 11.3. The molecule has 7 heteroatoms. The van der Waals surface area contributed by atoms with Crippen LogP contribution in [0.3, 0.4) is 0 Å². The Morgan fingerprint density at radius 3 is 2.79 bits per heavy atom. The predicted molar refractivity (Wildman–Crippen MR) is 117 cm³/mol. The van der Waals surface area contributed by atoms with Crippen molar-refractivity contribution in [3.05, 3.63) is 41.0 Å². The molecule has 1 N–H and O–H groups in total. The molecule has 1 aromatic carbocycles. The second-order valence-electron chi connectivity index (χ2n) is 8.64. The summed E-state index contributed by atoms with van der Waals surface area (Å²) in [6.07, 6.45) is 5.96. The molecule has 2 aromatic heterocycles. The maximum absolute atomic E-state index is 12.8. The number of benzene rings is 1. The molecule has 3 unspecified atom stereocenters. The summed E-state index contributed by atoms with van der Waals surface area (Å²) in [5, 5.41) is 11.3. The minimum Gasteiger partial charge on any atom is -0.361 e. The normalized spacial score (nSPS) is 23.0. The molecular weight excluding hydrogens is 382 g/mol. The Kier molecular flexibility index (Phi) is 4.87. The zero-order chi connectivity index (χ0) is 20.0. The number of carbonyl (C=O) groups excluding carboxylic acids is 1. The van der Waals surface area contributed by atoms with Gasteiger partial charge in [0.1, 0.15) is 0 Å². The van der Waals surface area contributed by atoms with Crippen LogP contribution in [-0.2, 0) is 6.42 Å². The van der Waals surface area contributed by atoms with E-state index in [-0.39, 0.29) is 11.7 Å². The van der Waals surface area contributed by atoms with Crippen molar-refractivity contribution in [2.75, 3.05) is 25.0 Å². The topological polar surface area (TPSA) is 65.1 Å². The zero-order valence-corrected chi connectivity index (χ0v) is 17.8. The van der Waals surface area contributed by atoms with E-state index in [1.807, 2.05) is 6.07 Å². The van der Waals surface area contributed by atoms with Gasteiger partial charge in [0.05, 0.1) is 0 Å². The monoisotopic (exact) mass is 409 g/mol. The highest BCUT2D eigenvalue weighted by Gasteiger charge is 2.38. The Morgan fingerprint density at radius 1 is 1.24 bits per heavy atom. The molecule has 2 bridgehead atoms. The van der Waals surface area contributed by atoms with Crippen LogP contribution < -0.4 is 4.90 Å². The van der Waals surface area contributed by atoms with Crippen LogP contribution in [-0.4, -0.2) is 58.1 Å². The fraction of sp³-hybridized carbons (Fsp3) is 0.500. The number of aromatic nitrogens is 3. The van der Waals surface area contributed by atoms with Crippen molar-refractivity contribution in [1.29, 1.82) is 0 Å². The van der Waals surface area contributed by atoms with Crippen LogP contribution in [0.5, 0.6) is 0 Å². The molecule has 3 aromatic rings. The quantitative estimate of drug-likeness (QED) is 0.628. The number of likely N-dealkylation sites (N-methyl/N-ethyl adjacent to an activating group) is 1. The van der Waals surface area contributed by atoms with Gasteiger partial charge in [-0.2, -0.15) is 0 Å². The average molecular weight is 410 g/mol. The molecule has 0 aliphatic carbocycles. The van der Waals surface area contributed by atoms with Gasteiger partial charge in [-0.05, 0) is 43.9 Å². The van der Waals surface area contributed by atoms with Crippen LogP contribution >= 0.6 is 11.3 Å². The molecule has 0 spiro atoms. The number of rotatable bonds is 6. The Morgan fingerprint density at radius 2 is 2.00 bits per heavy atom. The van der Waals surface area contributed by atoms with Gasteiger partial charge in [0, 0.05) is 48.7 Å². The van der Waals surface area contributed by atoms with Crippen molar-refractivity contribution in [2.45, 2.75) is 44.7 Å². The van der Waals surface area contributed by atoms with E-state index in [0.29, 0.717) is 23.5 Å². The number of H-pyrrole nitrogens is 1. The molecule has 29 heavy (non-hydrogen) atoms. The minimum absolute atomic E-state index is 0.109. The highest BCUT2D eigenvalue weighted by atomic mass is 32.1. The average Bonchev–Trinajstić information content (AvgIpc) is 3.39. The Labute approximate surface area is 174 Å². The van der Waals surface area contributed by atoms with Crippen molar-refractivity contribution in [3.63, 3.8) is 0 Å². The smallest absolute Gasteiger partial charge is 0.208 e. The summed E-state index contributed by atoms with van der Waals surface area (Å²) in [4.78, 5) is 21.0. The lowest BCUT2D eigenvalue weighted by molar-refractivity contribution is 0.0963. The fourth-order valence-electron chi connectivity index (χ4n) is 4.88. The highest BCUT2D eigenvalue weighted by Crippen LogP contribution is 2.33. The van der Waals surface area contributed by atoms with Crippen molar-refractivity contribution >= 4 is 33.2 Å². The van der Waals surface area contributed by atoms with Gasteiger partial charge in [-0.25, -0.2) is 0 Å². The molecule has 2 aliphatic rings. The minimum atomic E-state index is 0.109. The lowest BCUT2D eigenvalue weighted by atomic mass is 9.96. The van der Waals surface area contributed by atoms with Gasteiger partial charge in [-0.15, -0.1) is 10.2 Å². The van der Waals surface area contributed by atoms with Gasteiger partial charge < -0.3 is 9.88 Å². The zero-order valence-electron chi connectivity index (χ0n) is 17.0. The Bertz CT molecular complexity index is 1010. The number of nitrogens with zero attached hydrogens (tertiary/aromatic N) is 4. The van der Waals surface area contributed by atoms with E-state index in [1.54, 1.807) is 0 Å². The summed E-state index contributed by atoms with van der Waals surface area (Å²) in [5.41, 5.74) is 2.42. The number of hydrogen-bond acceptors (Lipinski definition) is 6. The van der Waals surface area contributed by atoms with E-state index in [9.17, 15) is 4.79 Å². The summed E-state index contributed by atoms with van der Waals surface area (Å²) in [7, 11) is 2.23. The third kappa shape index (κ3) is 3.57. The van der Waals surface area contributed by atoms with Crippen LogP contribution in [0.1, 0.15) is 41.6 Å². The summed E-state index contributed by atoms with van der Waals surface area (Å²) < 4.78 is 0. The molecule has 2 fully saturated rings. The summed E-state index contributed by atoms with van der Waals surface area (Å²) >= 11 is 1.46. The van der Waals surface area contributed by atoms with E-state index >= 15 is 0 Å². The van der Waals surface area contributed by atoms with Gasteiger partial charge in [0.15, 0.2) is 10.8 Å². The van der Waals surface area contributed by atoms with Crippen molar-refractivity contribution in [3.8, 4) is 0 Å². The largest absolute Gasteiger partial charge is 0.361 e. The van der Waals surface area contributed by atoms with Crippen molar-refractivity contribution in [1.82, 2.24) is 20.1 Å². The molecule has 5 rings (SSSR count). The molecule has 2 aliphatic heterocycles. The number of hydrogen-bond donors (Lipinski definition) is 1. The van der Waals surface area contributed by atoms with Gasteiger partial charge in [0.25, 0.3) is 0 Å². The molecule has 0 radical (unpaired) electrons. The summed E-state index contributed by atoms with van der Waals surface area (Å²) in [6.45, 7) is 4.12. The van der Waals surface area contributed by atoms with Gasteiger partial charge in [-0.1, -0.05) is 36.5 Å². The maximum Gasteiger partial charge on any atom is 0.208 e. The molecule has 4 heterocycles. The number of aromatic amines is 1. The van der Waals surface area contributed by atoms with Crippen LogP contribution in [0, 0.1) is 5.92 Å². The van der Waals surface area contributed by atoms with Gasteiger partial charge in [0.2, 0.25) is 5.13 Å². The molecular formula is C22H27N5OS. The number of carbonyl (C=O) groups is 1. The molecule has 3 atom stereocenters. The predicted octanol–water partition coefficient (Wildman–Crippen LogP) is 3.75. The van der Waals surface area contributed by atoms with Crippen molar-refractivity contribution in [2.24, 2.45) is 5.92 Å². The van der Waals surface area contributed by atoms with Crippen molar-refractivity contribution < 1.29 is 4.79 Å². The molecule has 2 saturated heterocycles. The van der Waals surface area contributed by atoms with E-state index in [2.05, 4.69) is 63.3 Å². The number of anilines is 1. The van der Waals surface area contributed by atoms with Crippen LogP contribution in [0.15, 0.2) is 30.5 Å². The number of Topliss-reactive ketones (excluding diaryl/α,β-unsaturated/α-hetero) is 1. The second-order valence-corrected chi connectivity index (χ2v) is 9.60. The maximum atomic E-state index is 12.8. The van der Waals surface area contributed by atoms with Gasteiger partial charge in [-0.3, -0.25) is 9.69 Å². The number of nitrogens with one attached hydrogen (secondary N) is 1. The van der Waals surface area contributed by atoms with E-state index in [1.165, 1.54) is 35.1 Å². The lowest BCUT2D eigenvalue weighted by Gasteiger charge is -2.38. The van der Waals surface area contributed by atoms with Crippen LogP contribution in [0.4, 0.5) is 5.13 Å². The summed E-state index contributed by atoms with van der Waals surface area (Å²) in [6, 6.07) is 9.52. The fourth-order valence-corrected chi connectivity index (χ4v) is 5.69. The molecule has 0 saturated carbocycles. The Balaban J connectivity index is 1.22. The summed E-state index contributed by atoms with van der Waals surface area (Å²) in [5.74, 6) is 0.367. The first-order chi connectivity index (χ1) is 14.1. The van der Waals surface area contributed by atoms with Crippen LogP contribution in [0.25, 0.3) is 10.9 Å². The third-order valence-electron chi connectivity index (χ3n) is 6.55. The number of para-hydroxylation sites is 1. The highest BCUT2D eigenvalue weighted by molar-refractivity contribution is 7.17. The molecule has 152 valence electrons. The van der Waals surface area contributed by atoms with E-state index in [4.69, 9.17) is 0 Å². The van der Waals surface area contributed by atoms with E-state index in [0.717, 1.165) is 30.2 Å². The second kappa shape index (κ2) is 7.54. The molecule has 0 amide bonds. The number of ketones is 1. The van der Waals surface area contributed by atoms with E-state index < -0.39 is 0 Å². The SMILES string of the molecule is CC(CC(=O)c1nnc(N2CC3CCC(C2)N3C)s1)Cc1c[nH]c2ccccc12. The number of fused-ring (bicyclic) bond motifs is 3. The molecule has 6 nitrogen and oxygen atoms in total. The van der Waals surface area contributed by atoms with Gasteiger partial charge >= 0.3 is 0 Å². The third-order valence-corrected chi connectivity index (χ3v) is 7.57. The standard InChI is InChI=1S/C22H27N5OS/c1-14(9-15-11-23-19-6-4-3-5-18(15)19)10-20(28)21-24-25-22(29-21)27-12-16-7-8-17(13-27)26(16)2/h3-6,11,14,16-17,23H,7-10,12-13H2,1-2H3. The Hall–Kier alpha value is -2.25. The number of piperazine rings is 1.